The van der Waals surface area contributed by atoms with Gasteiger partial charge in [-0.25, -0.2) is 9.78 Å². The molecule has 4 nitrogen and oxygen atoms in total. The summed E-state index contributed by atoms with van der Waals surface area (Å²) in [5, 5.41) is 8.84. The van der Waals surface area contributed by atoms with Crippen molar-refractivity contribution >= 4 is 17.0 Å². The Bertz CT molecular complexity index is 473. The van der Waals surface area contributed by atoms with Crippen LogP contribution in [-0.4, -0.2) is 20.6 Å². The molecule has 66 valence electrons. The van der Waals surface area contributed by atoms with Crippen LogP contribution in [0, 0.1) is 0 Å². The van der Waals surface area contributed by atoms with E-state index < -0.39 is 5.97 Å². The molecular weight excluding hydrogens is 168 g/mol. The molecule has 0 saturated heterocycles. The van der Waals surface area contributed by atoms with Gasteiger partial charge in [-0.15, -0.1) is 0 Å². The molecule has 0 aliphatic rings. The zero-order chi connectivity index (χ0) is 9.42. The molecule has 1 aromatic heterocycles. The summed E-state index contributed by atoms with van der Waals surface area (Å²) < 4.78 is 1.79. The second-order valence-electron chi connectivity index (χ2n) is 2.83. The molecule has 2 aromatic rings. The first-order valence-electron chi connectivity index (χ1n) is 3.83. The second-order valence-corrected chi connectivity index (χ2v) is 2.83. The molecule has 1 heterocycles. The SMILES string of the molecule is Cn1cnc2c(C(=O)O)cccc21. The maximum atomic E-state index is 10.8. The summed E-state index contributed by atoms with van der Waals surface area (Å²) >= 11 is 0. The van der Waals surface area contributed by atoms with Crippen molar-refractivity contribution in [2.24, 2.45) is 7.05 Å². The van der Waals surface area contributed by atoms with E-state index in [0.29, 0.717) is 5.52 Å². The fourth-order valence-corrected chi connectivity index (χ4v) is 1.33. The van der Waals surface area contributed by atoms with Crippen molar-refractivity contribution in [2.75, 3.05) is 0 Å². The highest BCUT2D eigenvalue weighted by atomic mass is 16.4. The maximum Gasteiger partial charge on any atom is 0.337 e. The zero-order valence-electron chi connectivity index (χ0n) is 7.06. The van der Waals surface area contributed by atoms with E-state index in [1.807, 2.05) is 13.1 Å². The van der Waals surface area contributed by atoms with Crippen molar-refractivity contribution in [1.82, 2.24) is 9.55 Å². The van der Waals surface area contributed by atoms with Crippen LogP contribution >= 0.6 is 0 Å². The third kappa shape index (κ3) is 1.07. The minimum absolute atomic E-state index is 0.248. The summed E-state index contributed by atoms with van der Waals surface area (Å²) in [7, 11) is 1.83. The van der Waals surface area contributed by atoms with Gasteiger partial charge in [0.05, 0.1) is 17.4 Å². The predicted molar refractivity (Wildman–Crippen MR) is 47.7 cm³/mol. The van der Waals surface area contributed by atoms with Crippen LogP contribution in [0.4, 0.5) is 0 Å². The summed E-state index contributed by atoms with van der Waals surface area (Å²) in [5.41, 5.74) is 1.62. The molecule has 2 rings (SSSR count). The number of para-hydroxylation sites is 1. The van der Waals surface area contributed by atoms with Crippen LogP contribution in [0.1, 0.15) is 10.4 Å². The van der Waals surface area contributed by atoms with Gasteiger partial charge < -0.3 is 9.67 Å². The van der Waals surface area contributed by atoms with Gasteiger partial charge in [0.1, 0.15) is 5.52 Å². The molecule has 0 bridgehead atoms. The lowest BCUT2D eigenvalue weighted by molar-refractivity contribution is 0.0699. The van der Waals surface area contributed by atoms with Gasteiger partial charge in [0.25, 0.3) is 0 Å². The van der Waals surface area contributed by atoms with Gasteiger partial charge in [-0.2, -0.15) is 0 Å². The van der Waals surface area contributed by atoms with Crippen molar-refractivity contribution in [3.8, 4) is 0 Å². The average molecular weight is 176 g/mol. The first-order valence-corrected chi connectivity index (χ1v) is 3.83. The lowest BCUT2D eigenvalue weighted by Gasteiger charge is -1.96. The van der Waals surface area contributed by atoms with Gasteiger partial charge in [0, 0.05) is 7.05 Å². The summed E-state index contributed by atoms with van der Waals surface area (Å²) in [4.78, 5) is 14.8. The highest BCUT2D eigenvalue weighted by molar-refractivity contribution is 6.00. The number of aromatic carboxylic acids is 1. The molecule has 0 fully saturated rings. The molecule has 4 heteroatoms. The van der Waals surface area contributed by atoms with Gasteiger partial charge >= 0.3 is 5.97 Å². The van der Waals surface area contributed by atoms with E-state index in [4.69, 9.17) is 5.11 Å². The summed E-state index contributed by atoms with van der Waals surface area (Å²) in [5.74, 6) is -0.940. The summed E-state index contributed by atoms with van der Waals surface area (Å²) in [6, 6.07) is 5.11. The van der Waals surface area contributed by atoms with Crippen LogP contribution in [-0.2, 0) is 7.05 Å². The fraction of sp³-hybridized carbons (Fsp3) is 0.111. The minimum atomic E-state index is -0.940. The maximum absolute atomic E-state index is 10.8. The number of carboxylic acid groups (broad SMARTS) is 1. The van der Waals surface area contributed by atoms with Gasteiger partial charge in [-0.05, 0) is 12.1 Å². The number of nitrogens with zero attached hydrogens (tertiary/aromatic N) is 2. The molecule has 0 spiro atoms. The molecule has 0 amide bonds. The smallest absolute Gasteiger partial charge is 0.337 e. The first kappa shape index (κ1) is 7.79. The number of carbonyl (C=O) groups is 1. The summed E-state index contributed by atoms with van der Waals surface area (Å²) in [6.07, 6.45) is 1.61. The number of fused-ring (bicyclic) bond motifs is 1. The number of carboxylic acids is 1. The van der Waals surface area contributed by atoms with Gasteiger partial charge in [-0.1, -0.05) is 6.07 Å². The Balaban J connectivity index is 2.84. The third-order valence-electron chi connectivity index (χ3n) is 1.99. The van der Waals surface area contributed by atoms with Crippen molar-refractivity contribution in [3.05, 3.63) is 30.1 Å². The van der Waals surface area contributed by atoms with Crippen LogP contribution in [0.3, 0.4) is 0 Å². The van der Waals surface area contributed by atoms with E-state index in [0.717, 1.165) is 5.52 Å². The quantitative estimate of drug-likeness (QED) is 0.711. The number of imidazole rings is 1. The Morgan fingerprint density at radius 1 is 1.54 bits per heavy atom. The molecule has 0 unspecified atom stereocenters. The standard InChI is InChI=1S/C9H8N2O2/c1-11-5-10-8-6(9(12)13)3-2-4-7(8)11/h2-5H,1H3,(H,12,13). The minimum Gasteiger partial charge on any atom is -0.478 e. The van der Waals surface area contributed by atoms with Crippen LogP contribution in [0.5, 0.6) is 0 Å². The molecule has 0 aliphatic carbocycles. The average Bonchev–Trinajstić information content (AvgIpc) is 2.48. The Kier molecular flexibility index (Phi) is 1.55. The fourth-order valence-electron chi connectivity index (χ4n) is 1.33. The molecule has 0 radical (unpaired) electrons. The van der Waals surface area contributed by atoms with E-state index in [-0.39, 0.29) is 5.56 Å². The Morgan fingerprint density at radius 2 is 2.31 bits per heavy atom. The van der Waals surface area contributed by atoms with Crippen molar-refractivity contribution in [1.29, 1.82) is 0 Å². The first-order chi connectivity index (χ1) is 6.20. The Morgan fingerprint density at radius 3 is 3.00 bits per heavy atom. The lowest BCUT2D eigenvalue weighted by Crippen LogP contribution is -1.97. The predicted octanol–water partition coefficient (Wildman–Crippen LogP) is 1.27. The van der Waals surface area contributed by atoms with E-state index in [1.54, 1.807) is 23.0 Å². The molecule has 0 saturated carbocycles. The van der Waals surface area contributed by atoms with Crippen molar-refractivity contribution < 1.29 is 9.90 Å². The Labute approximate surface area is 74.4 Å². The number of benzene rings is 1. The van der Waals surface area contributed by atoms with Crippen molar-refractivity contribution in [2.45, 2.75) is 0 Å². The van der Waals surface area contributed by atoms with Crippen LogP contribution in [0.25, 0.3) is 11.0 Å². The van der Waals surface area contributed by atoms with Gasteiger partial charge in [0.15, 0.2) is 0 Å². The highest BCUT2D eigenvalue weighted by Crippen LogP contribution is 2.15. The largest absolute Gasteiger partial charge is 0.478 e. The number of aryl methyl sites for hydroxylation is 1. The number of hydrogen-bond donors (Lipinski definition) is 1. The lowest BCUT2D eigenvalue weighted by atomic mass is 10.2. The molecule has 13 heavy (non-hydrogen) atoms. The highest BCUT2D eigenvalue weighted by Gasteiger charge is 2.10. The third-order valence-corrected chi connectivity index (χ3v) is 1.99. The number of aromatic nitrogens is 2. The molecule has 0 atom stereocenters. The molecular formula is C9H8N2O2. The Hall–Kier alpha value is -1.84. The number of rotatable bonds is 1. The van der Waals surface area contributed by atoms with Gasteiger partial charge in [0.2, 0.25) is 0 Å². The van der Waals surface area contributed by atoms with Crippen molar-refractivity contribution in [3.63, 3.8) is 0 Å². The zero-order valence-corrected chi connectivity index (χ0v) is 7.06. The van der Waals surface area contributed by atoms with E-state index in [2.05, 4.69) is 4.98 Å². The van der Waals surface area contributed by atoms with Gasteiger partial charge in [-0.3, -0.25) is 0 Å². The van der Waals surface area contributed by atoms with Crippen LogP contribution in [0.15, 0.2) is 24.5 Å². The molecule has 1 N–H and O–H groups in total. The second kappa shape index (κ2) is 2.58. The monoisotopic (exact) mass is 176 g/mol. The van der Waals surface area contributed by atoms with E-state index >= 15 is 0 Å². The molecule has 0 aliphatic heterocycles. The van der Waals surface area contributed by atoms with E-state index in [9.17, 15) is 4.79 Å². The summed E-state index contributed by atoms with van der Waals surface area (Å²) in [6.45, 7) is 0. The number of hydrogen-bond acceptors (Lipinski definition) is 2. The van der Waals surface area contributed by atoms with E-state index in [1.165, 1.54) is 0 Å². The molecule has 1 aromatic carbocycles. The normalized spacial score (nSPS) is 10.5. The van der Waals surface area contributed by atoms with Crippen LogP contribution < -0.4 is 0 Å². The topological polar surface area (TPSA) is 55.1 Å². The van der Waals surface area contributed by atoms with Crippen LogP contribution in [0.2, 0.25) is 0 Å².